The third kappa shape index (κ3) is 4.28. The highest BCUT2D eigenvalue weighted by molar-refractivity contribution is 7.22. The molecule has 2 saturated heterocycles. The molecule has 0 saturated carbocycles. The zero-order valence-electron chi connectivity index (χ0n) is 19.4. The number of morpholine rings is 1. The number of benzene rings is 1. The van der Waals surface area contributed by atoms with Gasteiger partial charge in [-0.1, -0.05) is 17.4 Å². The SMILES string of the molecule is CNC(=O)Nc1nc2cc(-c3nc(N4CCOCC4)nc4c3cnn4C3CCOCC3)ccc2s1. The zero-order valence-corrected chi connectivity index (χ0v) is 20.2. The topological polar surface area (TPSA) is 119 Å². The number of nitrogens with zero attached hydrogens (tertiary/aromatic N) is 6. The molecule has 12 heteroatoms. The quantitative estimate of drug-likeness (QED) is 0.444. The summed E-state index contributed by atoms with van der Waals surface area (Å²) < 4.78 is 14.1. The molecule has 182 valence electrons. The van der Waals surface area contributed by atoms with E-state index in [1.54, 1.807) is 7.05 Å². The fourth-order valence-corrected chi connectivity index (χ4v) is 5.37. The number of ether oxygens (including phenoxy) is 2. The van der Waals surface area contributed by atoms with Crippen LogP contribution in [0.1, 0.15) is 18.9 Å². The van der Waals surface area contributed by atoms with Gasteiger partial charge >= 0.3 is 6.03 Å². The minimum atomic E-state index is -0.294. The maximum Gasteiger partial charge on any atom is 0.320 e. The van der Waals surface area contributed by atoms with Crippen molar-refractivity contribution in [2.24, 2.45) is 0 Å². The molecule has 6 rings (SSSR count). The van der Waals surface area contributed by atoms with E-state index in [0.717, 1.165) is 71.7 Å². The van der Waals surface area contributed by atoms with Crippen molar-refractivity contribution in [3.63, 3.8) is 0 Å². The summed E-state index contributed by atoms with van der Waals surface area (Å²) in [6.45, 7) is 4.26. The Bertz CT molecular complexity index is 1370. The van der Waals surface area contributed by atoms with Gasteiger partial charge in [0.1, 0.15) is 0 Å². The van der Waals surface area contributed by atoms with E-state index in [9.17, 15) is 4.79 Å². The number of hydrogen-bond donors (Lipinski definition) is 2. The van der Waals surface area contributed by atoms with Crippen LogP contribution in [0.5, 0.6) is 0 Å². The van der Waals surface area contributed by atoms with Crippen LogP contribution in [0, 0.1) is 0 Å². The van der Waals surface area contributed by atoms with Crippen LogP contribution in [0.2, 0.25) is 0 Å². The summed E-state index contributed by atoms with van der Waals surface area (Å²) in [6.07, 6.45) is 3.69. The van der Waals surface area contributed by atoms with E-state index in [1.807, 2.05) is 29.1 Å². The number of amides is 2. The molecular formula is C23H26N8O3S. The van der Waals surface area contributed by atoms with E-state index in [1.165, 1.54) is 11.3 Å². The van der Waals surface area contributed by atoms with Crippen LogP contribution in [0.25, 0.3) is 32.5 Å². The fourth-order valence-electron chi connectivity index (χ4n) is 4.52. The first-order valence-corrected chi connectivity index (χ1v) is 12.6. The van der Waals surface area contributed by atoms with Crippen molar-refractivity contribution in [1.82, 2.24) is 30.0 Å². The van der Waals surface area contributed by atoms with E-state index in [4.69, 9.17) is 24.5 Å². The lowest BCUT2D eigenvalue weighted by molar-refractivity contribution is 0.0673. The fraction of sp³-hybridized carbons (Fsp3) is 0.435. The van der Waals surface area contributed by atoms with Crippen LogP contribution < -0.4 is 15.5 Å². The van der Waals surface area contributed by atoms with Gasteiger partial charge in [-0.25, -0.2) is 19.4 Å². The molecule has 2 aliphatic rings. The van der Waals surface area contributed by atoms with E-state index < -0.39 is 0 Å². The molecule has 0 spiro atoms. The van der Waals surface area contributed by atoms with Gasteiger partial charge in [0.2, 0.25) is 5.95 Å². The molecule has 5 heterocycles. The molecule has 3 aromatic heterocycles. The molecule has 1 aromatic carbocycles. The van der Waals surface area contributed by atoms with Gasteiger partial charge in [0.25, 0.3) is 0 Å². The van der Waals surface area contributed by atoms with Crippen LogP contribution in [-0.4, -0.2) is 77.3 Å². The number of thiazole rings is 1. The van der Waals surface area contributed by atoms with E-state index in [0.29, 0.717) is 24.3 Å². The van der Waals surface area contributed by atoms with Crippen molar-refractivity contribution in [2.45, 2.75) is 18.9 Å². The van der Waals surface area contributed by atoms with Crippen LogP contribution in [-0.2, 0) is 9.47 Å². The molecule has 2 N–H and O–H groups in total. The van der Waals surface area contributed by atoms with E-state index in [2.05, 4.69) is 20.5 Å². The number of rotatable bonds is 4. The number of carbonyl (C=O) groups is 1. The number of urea groups is 1. The number of nitrogens with one attached hydrogen (secondary N) is 2. The summed E-state index contributed by atoms with van der Waals surface area (Å²) >= 11 is 1.43. The van der Waals surface area contributed by atoms with Crippen molar-refractivity contribution >= 4 is 49.7 Å². The van der Waals surface area contributed by atoms with Gasteiger partial charge in [-0.15, -0.1) is 0 Å². The zero-order chi connectivity index (χ0) is 23.8. The highest BCUT2D eigenvalue weighted by atomic mass is 32.1. The Balaban J connectivity index is 1.46. The summed E-state index contributed by atoms with van der Waals surface area (Å²) in [4.78, 5) is 28.5. The second kappa shape index (κ2) is 9.36. The largest absolute Gasteiger partial charge is 0.381 e. The van der Waals surface area contributed by atoms with Crippen LogP contribution in [0.15, 0.2) is 24.4 Å². The van der Waals surface area contributed by atoms with Crippen molar-refractivity contribution < 1.29 is 14.3 Å². The highest BCUT2D eigenvalue weighted by Crippen LogP contribution is 2.35. The van der Waals surface area contributed by atoms with Crippen LogP contribution >= 0.6 is 11.3 Å². The first-order chi connectivity index (χ1) is 17.2. The Hall–Kier alpha value is -3.35. The number of fused-ring (bicyclic) bond motifs is 2. The molecular weight excluding hydrogens is 468 g/mol. The first-order valence-electron chi connectivity index (χ1n) is 11.7. The molecule has 0 aliphatic carbocycles. The molecule has 0 unspecified atom stereocenters. The van der Waals surface area contributed by atoms with E-state index >= 15 is 0 Å². The second-order valence-electron chi connectivity index (χ2n) is 8.55. The van der Waals surface area contributed by atoms with Gasteiger partial charge < -0.3 is 19.7 Å². The minimum Gasteiger partial charge on any atom is -0.381 e. The number of hydrogen-bond acceptors (Lipinski definition) is 9. The van der Waals surface area contributed by atoms with Crippen molar-refractivity contribution in [3.05, 3.63) is 24.4 Å². The predicted molar refractivity (Wildman–Crippen MR) is 134 cm³/mol. The van der Waals surface area contributed by atoms with Crippen LogP contribution in [0.4, 0.5) is 15.9 Å². The Morgan fingerprint density at radius 2 is 1.89 bits per heavy atom. The molecule has 11 nitrogen and oxygen atoms in total. The second-order valence-corrected chi connectivity index (χ2v) is 9.58. The monoisotopic (exact) mass is 494 g/mol. The summed E-state index contributed by atoms with van der Waals surface area (Å²) in [5.74, 6) is 0.685. The Morgan fingerprint density at radius 3 is 2.69 bits per heavy atom. The van der Waals surface area contributed by atoms with Gasteiger partial charge in [-0.05, 0) is 25.0 Å². The lowest BCUT2D eigenvalue weighted by Gasteiger charge is -2.27. The summed E-state index contributed by atoms with van der Waals surface area (Å²) in [6, 6.07) is 6.03. The van der Waals surface area contributed by atoms with Gasteiger partial charge in [0, 0.05) is 38.9 Å². The van der Waals surface area contributed by atoms with Gasteiger partial charge in [0.05, 0.1) is 46.7 Å². The summed E-state index contributed by atoms with van der Waals surface area (Å²) in [5.41, 5.74) is 3.40. The third-order valence-electron chi connectivity index (χ3n) is 6.38. The smallest absolute Gasteiger partial charge is 0.320 e. The number of carbonyl (C=O) groups excluding carboxylic acids is 1. The Morgan fingerprint density at radius 1 is 1.09 bits per heavy atom. The van der Waals surface area contributed by atoms with Crippen LogP contribution in [0.3, 0.4) is 0 Å². The van der Waals surface area contributed by atoms with Crippen molar-refractivity contribution in [2.75, 3.05) is 56.8 Å². The molecule has 2 fully saturated rings. The maximum absolute atomic E-state index is 11.7. The molecule has 2 aliphatic heterocycles. The van der Waals surface area contributed by atoms with Gasteiger partial charge in [-0.2, -0.15) is 10.1 Å². The average molecular weight is 495 g/mol. The van der Waals surface area contributed by atoms with Gasteiger partial charge in [-0.3, -0.25) is 5.32 Å². The maximum atomic E-state index is 11.7. The van der Waals surface area contributed by atoms with Gasteiger partial charge in [0.15, 0.2) is 10.8 Å². The summed E-state index contributed by atoms with van der Waals surface area (Å²) in [7, 11) is 1.58. The summed E-state index contributed by atoms with van der Waals surface area (Å²) in [5, 5.41) is 11.5. The van der Waals surface area contributed by atoms with E-state index in [-0.39, 0.29) is 12.1 Å². The average Bonchev–Trinajstić information content (AvgIpc) is 3.52. The molecule has 0 radical (unpaired) electrons. The normalized spacial score (nSPS) is 17.2. The molecule has 0 atom stereocenters. The third-order valence-corrected chi connectivity index (χ3v) is 7.33. The van der Waals surface area contributed by atoms with Crippen molar-refractivity contribution in [1.29, 1.82) is 0 Å². The number of anilines is 2. The molecule has 0 bridgehead atoms. The Kier molecular flexibility index (Phi) is 5.92. The standard InChI is InChI=1S/C23H26N8O3S/c1-24-22(32)29-23-26-17-12-14(2-3-18(17)35-23)19-16-13-25-31(15-4-8-33-9-5-15)20(16)28-21(27-19)30-6-10-34-11-7-30/h2-3,12-13,15H,4-11H2,1H3,(H2,24,26,29,32). The molecule has 2 amide bonds. The van der Waals surface area contributed by atoms with Crippen molar-refractivity contribution in [3.8, 4) is 11.3 Å². The lowest BCUT2D eigenvalue weighted by atomic mass is 10.1. The molecule has 4 aromatic rings. The highest BCUT2D eigenvalue weighted by Gasteiger charge is 2.24. The molecule has 35 heavy (non-hydrogen) atoms. The lowest BCUT2D eigenvalue weighted by Crippen LogP contribution is -2.37. The predicted octanol–water partition coefficient (Wildman–Crippen LogP) is 3.04. The minimum absolute atomic E-state index is 0.251. The Labute approximate surface area is 205 Å². The first kappa shape index (κ1) is 22.1. The number of aromatic nitrogens is 5.